The van der Waals surface area contributed by atoms with Gasteiger partial charge >= 0.3 is 6.36 Å². The zero-order valence-electron chi connectivity index (χ0n) is 19.9. The van der Waals surface area contributed by atoms with Crippen molar-refractivity contribution >= 4 is 16.8 Å². The molecule has 0 aliphatic carbocycles. The minimum absolute atomic E-state index is 0.238. The smallest absolute Gasteiger partial charge is 0.497 e. The van der Waals surface area contributed by atoms with Crippen LogP contribution in [0.5, 0.6) is 11.5 Å². The molecule has 0 saturated heterocycles. The molecule has 0 unspecified atom stereocenters. The summed E-state index contributed by atoms with van der Waals surface area (Å²) in [5.41, 5.74) is 3.39. The molecular formula is C26H25F3N4O3. The monoisotopic (exact) mass is 498 g/mol. The highest BCUT2D eigenvalue weighted by molar-refractivity contribution is 5.99. The van der Waals surface area contributed by atoms with Crippen LogP contribution in [0.3, 0.4) is 0 Å². The normalized spacial score (nSPS) is 12.4. The number of halogens is 3. The van der Waals surface area contributed by atoms with Crippen molar-refractivity contribution in [2.24, 2.45) is 0 Å². The predicted octanol–water partition coefficient (Wildman–Crippen LogP) is 5.14. The molecule has 0 aliphatic rings. The third kappa shape index (κ3) is 5.60. The van der Waals surface area contributed by atoms with Gasteiger partial charge in [-0.1, -0.05) is 24.3 Å². The van der Waals surface area contributed by atoms with E-state index in [2.05, 4.69) is 25.6 Å². The number of carbonyl (C=O) groups excluding carboxylic acids is 1. The Labute approximate surface area is 205 Å². The molecule has 10 heteroatoms. The first kappa shape index (κ1) is 25.1. The van der Waals surface area contributed by atoms with E-state index in [1.165, 1.54) is 19.2 Å². The van der Waals surface area contributed by atoms with Gasteiger partial charge in [0.05, 0.1) is 29.9 Å². The summed E-state index contributed by atoms with van der Waals surface area (Å²) in [6.45, 7) is 2.19. The van der Waals surface area contributed by atoms with Crippen molar-refractivity contribution in [3.63, 3.8) is 0 Å². The van der Waals surface area contributed by atoms with Crippen LogP contribution in [0, 0.1) is 6.92 Å². The summed E-state index contributed by atoms with van der Waals surface area (Å²) < 4.78 is 48.9. The van der Waals surface area contributed by atoms with E-state index >= 15 is 0 Å². The summed E-state index contributed by atoms with van der Waals surface area (Å²) in [7, 11) is 3.24. The maximum atomic E-state index is 13.3. The number of hydrogen-bond donors (Lipinski definition) is 3. The van der Waals surface area contributed by atoms with E-state index in [-0.39, 0.29) is 5.56 Å². The van der Waals surface area contributed by atoms with Gasteiger partial charge in [-0.05, 0) is 67.1 Å². The van der Waals surface area contributed by atoms with Crippen LogP contribution in [0.25, 0.3) is 22.0 Å². The number of H-pyrrole nitrogens is 1. The summed E-state index contributed by atoms with van der Waals surface area (Å²) in [4.78, 5) is 13.3. The van der Waals surface area contributed by atoms with Crippen molar-refractivity contribution in [3.8, 4) is 22.6 Å². The molecule has 3 aromatic carbocycles. The molecule has 0 aliphatic heterocycles. The summed E-state index contributed by atoms with van der Waals surface area (Å²) in [5.74, 6) is -0.700. The van der Waals surface area contributed by atoms with Gasteiger partial charge in [-0.25, -0.2) is 0 Å². The number of amides is 1. The first-order chi connectivity index (χ1) is 17.2. The Kier molecular flexibility index (Phi) is 7.16. The third-order valence-corrected chi connectivity index (χ3v) is 5.75. The molecule has 0 spiro atoms. The molecular weight excluding hydrogens is 473 g/mol. The van der Waals surface area contributed by atoms with Crippen molar-refractivity contribution in [2.75, 3.05) is 20.7 Å². The number of aryl methyl sites for hydroxylation is 1. The van der Waals surface area contributed by atoms with Crippen LogP contribution in [0.15, 0.2) is 60.7 Å². The van der Waals surface area contributed by atoms with Gasteiger partial charge in [-0.2, -0.15) is 5.10 Å². The molecule has 0 bridgehead atoms. The van der Waals surface area contributed by atoms with Crippen LogP contribution in [-0.4, -0.2) is 43.2 Å². The number of aromatic nitrogens is 2. The lowest BCUT2D eigenvalue weighted by Crippen LogP contribution is -2.35. The number of hydrogen-bond acceptors (Lipinski definition) is 5. The van der Waals surface area contributed by atoms with Crippen LogP contribution < -0.4 is 20.1 Å². The maximum Gasteiger partial charge on any atom is 0.573 e. The summed E-state index contributed by atoms with van der Waals surface area (Å²) >= 11 is 0. The number of methoxy groups -OCH3 is 1. The molecule has 3 N–H and O–H groups in total. The van der Waals surface area contributed by atoms with Gasteiger partial charge in [0.2, 0.25) is 0 Å². The van der Waals surface area contributed by atoms with Gasteiger partial charge < -0.3 is 20.1 Å². The Hall–Kier alpha value is -4.05. The zero-order chi connectivity index (χ0) is 25.9. The largest absolute Gasteiger partial charge is 0.573 e. The number of alkyl halides is 3. The number of carbonyl (C=O) groups is 1. The Morgan fingerprint density at radius 1 is 1.08 bits per heavy atom. The van der Waals surface area contributed by atoms with Crippen molar-refractivity contribution in [2.45, 2.75) is 19.3 Å². The highest BCUT2D eigenvalue weighted by Gasteiger charge is 2.33. The van der Waals surface area contributed by atoms with Crippen molar-refractivity contribution in [3.05, 3.63) is 77.5 Å². The van der Waals surface area contributed by atoms with Crippen LogP contribution in [0.1, 0.15) is 27.7 Å². The van der Waals surface area contributed by atoms with Crippen LogP contribution >= 0.6 is 0 Å². The fourth-order valence-corrected chi connectivity index (χ4v) is 3.98. The van der Waals surface area contributed by atoms with Gasteiger partial charge in [0.15, 0.2) is 0 Å². The molecule has 1 amide bonds. The number of rotatable bonds is 8. The van der Waals surface area contributed by atoms with Crippen LogP contribution in [-0.2, 0) is 0 Å². The number of nitrogens with one attached hydrogen (secondary N) is 3. The highest BCUT2D eigenvalue weighted by atomic mass is 19.4. The molecule has 0 radical (unpaired) electrons. The van der Waals surface area contributed by atoms with Gasteiger partial charge in [-0.3, -0.25) is 9.89 Å². The third-order valence-electron chi connectivity index (χ3n) is 5.75. The Bertz CT molecular complexity index is 1380. The average Bonchev–Trinajstić information content (AvgIpc) is 3.23. The second-order valence-electron chi connectivity index (χ2n) is 8.19. The predicted molar refractivity (Wildman–Crippen MR) is 130 cm³/mol. The van der Waals surface area contributed by atoms with E-state index in [0.29, 0.717) is 17.9 Å². The Morgan fingerprint density at radius 3 is 2.56 bits per heavy atom. The molecule has 0 saturated carbocycles. The number of benzene rings is 3. The lowest BCUT2D eigenvalue weighted by Gasteiger charge is -2.21. The minimum atomic E-state index is -4.96. The fraction of sp³-hybridized carbons (Fsp3) is 0.231. The number of fused-ring (bicyclic) bond motifs is 1. The van der Waals surface area contributed by atoms with E-state index in [1.807, 2.05) is 19.1 Å². The number of ether oxygens (including phenoxy) is 2. The standard InChI is InChI=1S/C26H25F3N4O3/c1-15-20-12-16(7-9-22(20)33-32-15)17-8-10-24(36-26(27,28)29)21(13-17)25(34)31-23(14-30-2)18-5-4-6-19(11-18)35-3/h4-13,23,30H,14H2,1-3H3,(H,31,34)(H,32,33)/t23-/m0/s1. The lowest BCUT2D eigenvalue weighted by atomic mass is 9.99. The minimum Gasteiger partial charge on any atom is -0.497 e. The number of aromatic amines is 1. The van der Waals surface area contributed by atoms with Crippen molar-refractivity contribution in [1.29, 1.82) is 0 Å². The Balaban J connectivity index is 1.72. The molecule has 36 heavy (non-hydrogen) atoms. The quantitative estimate of drug-likeness (QED) is 0.313. The van der Waals surface area contributed by atoms with Gasteiger partial charge in [0, 0.05) is 11.9 Å². The Morgan fingerprint density at radius 2 is 1.83 bits per heavy atom. The second-order valence-corrected chi connectivity index (χ2v) is 8.19. The summed E-state index contributed by atoms with van der Waals surface area (Å²) in [5, 5.41) is 13.8. The average molecular weight is 499 g/mol. The molecule has 1 heterocycles. The van der Waals surface area contributed by atoms with Crippen LogP contribution in [0.4, 0.5) is 13.2 Å². The van der Waals surface area contributed by atoms with Gasteiger partial charge in [0.25, 0.3) is 5.91 Å². The number of nitrogens with zero attached hydrogens (tertiary/aromatic N) is 1. The van der Waals surface area contributed by atoms with E-state index < -0.39 is 24.1 Å². The first-order valence-electron chi connectivity index (χ1n) is 11.1. The van der Waals surface area contributed by atoms with Crippen molar-refractivity contribution in [1.82, 2.24) is 20.8 Å². The summed E-state index contributed by atoms with van der Waals surface area (Å²) in [6.07, 6.45) is -4.96. The van der Waals surface area contributed by atoms with Gasteiger partial charge in [-0.15, -0.1) is 13.2 Å². The fourth-order valence-electron chi connectivity index (χ4n) is 3.98. The first-order valence-corrected chi connectivity index (χ1v) is 11.1. The van der Waals surface area contributed by atoms with E-state index in [1.54, 1.807) is 37.4 Å². The zero-order valence-corrected chi connectivity index (χ0v) is 19.9. The topological polar surface area (TPSA) is 88.3 Å². The SMILES string of the molecule is CNC[C@H](NC(=O)c1cc(-c2ccc3[nH]nc(C)c3c2)ccc1OC(F)(F)F)c1cccc(OC)c1. The maximum absolute atomic E-state index is 13.3. The lowest BCUT2D eigenvalue weighted by molar-refractivity contribution is -0.274. The molecule has 4 aromatic rings. The van der Waals surface area contributed by atoms with E-state index in [0.717, 1.165) is 33.8 Å². The van der Waals surface area contributed by atoms with E-state index in [9.17, 15) is 18.0 Å². The van der Waals surface area contributed by atoms with Gasteiger partial charge in [0.1, 0.15) is 11.5 Å². The molecule has 188 valence electrons. The highest BCUT2D eigenvalue weighted by Crippen LogP contribution is 2.33. The second kappa shape index (κ2) is 10.3. The summed E-state index contributed by atoms with van der Waals surface area (Å²) in [6, 6.07) is 16.1. The molecule has 4 rings (SSSR count). The molecule has 0 fully saturated rings. The molecule has 1 aromatic heterocycles. The van der Waals surface area contributed by atoms with Crippen molar-refractivity contribution < 1.29 is 27.4 Å². The van der Waals surface area contributed by atoms with Crippen LogP contribution in [0.2, 0.25) is 0 Å². The van der Waals surface area contributed by atoms with E-state index in [4.69, 9.17) is 4.74 Å². The molecule has 7 nitrogen and oxygen atoms in total. The molecule has 1 atom stereocenters. The number of likely N-dealkylation sites (N-methyl/N-ethyl adjacent to an activating group) is 1.